The Hall–Kier alpha value is -2.51. The number of fused-ring (bicyclic) bond motifs is 7. The predicted molar refractivity (Wildman–Crippen MR) is 230 cm³/mol. The van der Waals surface area contributed by atoms with E-state index in [9.17, 15) is 4.79 Å². The molecule has 10 atom stereocenters. The Morgan fingerprint density at radius 3 is 2.44 bits per heavy atom. The van der Waals surface area contributed by atoms with E-state index in [-0.39, 0.29) is 28.9 Å². The number of esters is 1. The van der Waals surface area contributed by atoms with Crippen molar-refractivity contribution in [2.75, 3.05) is 39.4 Å². The van der Waals surface area contributed by atoms with Gasteiger partial charge in [-0.2, -0.15) is 5.10 Å². The van der Waals surface area contributed by atoms with Crippen molar-refractivity contribution < 1.29 is 14.3 Å². The molecule has 7 aliphatic rings. The minimum Gasteiger partial charge on any atom is -0.475 e. The van der Waals surface area contributed by atoms with E-state index in [0.29, 0.717) is 53.9 Å². The maximum absolute atomic E-state index is 13.5. The van der Waals surface area contributed by atoms with Gasteiger partial charge in [-0.3, -0.25) is 4.79 Å². The van der Waals surface area contributed by atoms with E-state index in [2.05, 4.69) is 80.7 Å². The molecule has 0 amide bonds. The van der Waals surface area contributed by atoms with Crippen LogP contribution in [0.5, 0.6) is 5.88 Å². The summed E-state index contributed by atoms with van der Waals surface area (Å²) in [5.41, 5.74) is 4.98. The van der Waals surface area contributed by atoms with Gasteiger partial charge in [0.05, 0.1) is 6.61 Å². The first kappa shape index (κ1) is 41.2. The lowest BCUT2D eigenvalue weighted by molar-refractivity contribution is -0.221. The van der Waals surface area contributed by atoms with Crippen molar-refractivity contribution >= 4 is 5.97 Å². The molecule has 8 rings (SSSR count). The zero-order valence-corrected chi connectivity index (χ0v) is 36.9. The number of nitrogens with one attached hydrogen (secondary N) is 1. The van der Waals surface area contributed by atoms with Gasteiger partial charge in [-0.25, -0.2) is 0 Å². The molecule has 1 N–H and O–H groups in total. The van der Waals surface area contributed by atoms with Crippen molar-refractivity contribution in [1.82, 2.24) is 20.4 Å². The molecule has 4 saturated carbocycles. The van der Waals surface area contributed by atoms with Gasteiger partial charge in [0, 0.05) is 30.9 Å². The maximum atomic E-state index is 13.5. The molecule has 1 aromatic heterocycles. The second kappa shape index (κ2) is 15.5. The number of hydrogen-bond donors (Lipinski definition) is 1. The van der Waals surface area contributed by atoms with Gasteiger partial charge < -0.3 is 19.7 Å². The molecule has 2 heterocycles. The molecule has 314 valence electrons. The summed E-state index contributed by atoms with van der Waals surface area (Å²) in [6.45, 7) is 27.8. The maximum Gasteiger partial charge on any atom is 0.315 e. The zero-order valence-electron chi connectivity index (χ0n) is 36.9. The number of carbonyl (C=O) groups is 1. The molecule has 57 heavy (non-hydrogen) atoms. The lowest BCUT2D eigenvalue weighted by Gasteiger charge is -2.72. The Kier molecular flexibility index (Phi) is 11.2. The van der Waals surface area contributed by atoms with E-state index in [1.807, 2.05) is 13.0 Å². The highest BCUT2D eigenvalue weighted by Crippen LogP contribution is 2.76. The largest absolute Gasteiger partial charge is 0.475 e. The number of ether oxygens (including phenoxy) is 2. The minimum atomic E-state index is -0.714. The molecule has 5 fully saturated rings. The summed E-state index contributed by atoms with van der Waals surface area (Å²) in [7, 11) is 0. The quantitative estimate of drug-likeness (QED) is 0.177. The third-order valence-electron chi connectivity index (χ3n) is 18.7. The predicted octanol–water partition coefficient (Wildman–Crippen LogP) is 10.5. The highest BCUT2D eigenvalue weighted by Gasteiger charge is 2.70. The van der Waals surface area contributed by atoms with Crippen molar-refractivity contribution in [3.05, 3.63) is 53.8 Å². The number of piperidine rings is 1. The first-order valence-electron chi connectivity index (χ1n) is 23.3. The van der Waals surface area contributed by atoms with Crippen molar-refractivity contribution in [1.29, 1.82) is 0 Å². The van der Waals surface area contributed by atoms with Gasteiger partial charge in [-0.15, -0.1) is 5.10 Å². The fourth-order valence-corrected chi connectivity index (χ4v) is 15.6. The summed E-state index contributed by atoms with van der Waals surface area (Å²) in [4.78, 5) is 16.2. The van der Waals surface area contributed by atoms with Gasteiger partial charge in [-0.05, 0) is 185 Å². The number of nitrogens with zero attached hydrogens (tertiary/aromatic N) is 3. The molecular weight excluding hydrogens is 705 g/mol. The van der Waals surface area contributed by atoms with Crippen molar-refractivity contribution in [2.45, 2.75) is 150 Å². The molecule has 6 aliphatic carbocycles. The Morgan fingerprint density at radius 2 is 1.74 bits per heavy atom. The van der Waals surface area contributed by atoms with Gasteiger partial charge in [0.1, 0.15) is 12.0 Å². The average Bonchev–Trinajstić information content (AvgIpc) is 3.58. The number of carbonyl (C=O) groups excluding carboxylic acids is 1. The molecule has 7 heteroatoms. The SMILES string of the molecule is C=C(C)[C@@H]1CC[C@]2(NCCN3CCCCC3)CC[C@]3(C)[C@H](CC[C@@H]4[C@@]5(C)CC=C(C6=CCC(COc7cccnn7)(C(=O)OCC)CC6)C(C)(C)[C@@H]5CC[C@]43C)[C@@H]12. The topological polar surface area (TPSA) is 76.6 Å². The Morgan fingerprint density at radius 1 is 0.930 bits per heavy atom. The van der Waals surface area contributed by atoms with Crippen molar-refractivity contribution in [3.8, 4) is 5.88 Å². The summed E-state index contributed by atoms with van der Waals surface area (Å²) in [5, 5.41) is 12.4. The molecule has 7 nitrogen and oxygen atoms in total. The second-order valence-corrected chi connectivity index (χ2v) is 21.5. The fourth-order valence-electron chi connectivity index (χ4n) is 15.6. The van der Waals surface area contributed by atoms with Crippen molar-refractivity contribution in [2.24, 2.45) is 56.7 Å². The third kappa shape index (κ3) is 6.79. The summed E-state index contributed by atoms with van der Waals surface area (Å²) in [6.07, 6.45) is 24.9. The van der Waals surface area contributed by atoms with Crippen LogP contribution in [0, 0.1) is 56.7 Å². The van der Waals surface area contributed by atoms with Crippen LogP contribution in [0.15, 0.2) is 53.8 Å². The molecule has 0 aromatic carbocycles. The van der Waals surface area contributed by atoms with E-state index in [4.69, 9.17) is 9.47 Å². The molecule has 0 radical (unpaired) electrons. The lowest BCUT2D eigenvalue weighted by atomic mass is 9.33. The number of rotatable bonds is 11. The van der Waals surface area contributed by atoms with Crippen LogP contribution in [0.2, 0.25) is 0 Å². The minimum absolute atomic E-state index is 0.0640. The van der Waals surface area contributed by atoms with Gasteiger partial charge in [-0.1, -0.05) is 65.3 Å². The van der Waals surface area contributed by atoms with Crippen LogP contribution in [-0.4, -0.2) is 66.0 Å². The van der Waals surface area contributed by atoms with E-state index >= 15 is 0 Å². The molecule has 1 aromatic rings. The standard InChI is InChI=1S/C50H76N4O3/c1-9-56-44(55)49(34-57-42-14-13-29-52-53-42)24-17-36(18-25-49)38-20-22-46(6)40(45(38,4)5)21-23-48(8)41(46)16-15-39-43-37(35(2)3)19-26-50(43,28-27-47(39,48)7)51-30-33-54-31-11-10-12-32-54/h13-14,17,20,29,37,39-41,43,51H,2,9-12,15-16,18-19,21-28,30-34H2,1,3-8H3/t37-,39+,40-,41+,43+,46-,47+,48+,49?,50-/m0/s1. The number of allylic oxidation sites excluding steroid dienone is 5. The van der Waals surface area contributed by atoms with E-state index in [1.54, 1.807) is 12.3 Å². The van der Waals surface area contributed by atoms with E-state index < -0.39 is 5.41 Å². The van der Waals surface area contributed by atoms with Gasteiger partial charge in [0.25, 0.3) is 0 Å². The summed E-state index contributed by atoms with van der Waals surface area (Å²) >= 11 is 0. The molecule has 1 unspecified atom stereocenters. The van der Waals surface area contributed by atoms with Gasteiger partial charge in [0.15, 0.2) is 0 Å². The summed E-state index contributed by atoms with van der Waals surface area (Å²) < 4.78 is 11.7. The van der Waals surface area contributed by atoms with Crippen LogP contribution in [-0.2, 0) is 9.53 Å². The molecule has 0 spiro atoms. The summed E-state index contributed by atoms with van der Waals surface area (Å²) in [6, 6.07) is 3.61. The van der Waals surface area contributed by atoms with Crippen LogP contribution in [0.1, 0.15) is 145 Å². The fraction of sp³-hybridized carbons (Fsp3) is 0.780. The monoisotopic (exact) mass is 781 g/mol. The Labute approximate surface area is 345 Å². The van der Waals surface area contributed by atoms with Crippen LogP contribution in [0.4, 0.5) is 0 Å². The van der Waals surface area contributed by atoms with Gasteiger partial charge in [0.2, 0.25) is 5.88 Å². The molecule has 1 saturated heterocycles. The van der Waals surface area contributed by atoms with Crippen molar-refractivity contribution in [3.63, 3.8) is 0 Å². The van der Waals surface area contributed by atoms with E-state index in [1.165, 1.54) is 107 Å². The number of aromatic nitrogens is 2. The zero-order chi connectivity index (χ0) is 40.3. The van der Waals surface area contributed by atoms with Crippen LogP contribution in [0.3, 0.4) is 0 Å². The number of likely N-dealkylation sites (tertiary alicyclic amines) is 1. The highest BCUT2D eigenvalue weighted by atomic mass is 16.5. The van der Waals surface area contributed by atoms with Crippen LogP contribution < -0.4 is 10.1 Å². The normalized spacial score (nSPS) is 41.4. The van der Waals surface area contributed by atoms with Gasteiger partial charge >= 0.3 is 5.97 Å². The first-order valence-corrected chi connectivity index (χ1v) is 23.3. The molecule has 1 aliphatic heterocycles. The third-order valence-corrected chi connectivity index (χ3v) is 18.7. The summed E-state index contributed by atoms with van der Waals surface area (Å²) in [5.74, 6) is 3.75. The van der Waals surface area contributed by atoms with Crippen LogP contribution >= 0.6 is 0 Å². The van der Waals surface area contributed by atoms with E-state index in [0.717, 1.165) is 31.2 Å². The molecule has 0 bridgehead atoms. The second-order valence-electron chi connectivity index (χ2n) is 21.5. The number of hydrogen-bond acceptors (Lipinski definition) is 7. The van der Waals surface area contributed by atoms with Crippen LogP contribution in [0.25, 0.3) is 0 Å². The first-order chi connectivity index (χ1) is 27.2. The molecular formula is C50H76N4O3. The Balaban J connectivity index is 1.02. The average molecular weight is 781 g/mol. The smallest absolute Gasteiger partial charge is 0.315 e. The Bertz CT molecular complexity index is 1720. The lowest BCUT2D eigenvalue weighted by Crippen LogP contribution is -2.68. The highest BCUT2D eigenvalue weighted by molar-refractivity contribution is 5.78.